The van der Waals surface area contributed by atoms with Crippen LogP contribution in [0.15, 0.2) is 0 Å². The highest BCUT2D eigenvalue weighted by atomic mass is 16.5. The fraction of sp³-hybridized carbons (Fsp3) is 0.846. The summed E-state index contributed by atoms with van der Waals surface area (Å²) in [6, 6.07) is -0.188. The molecule has 0 spiro atoms. The minimum Gasteiger partial charge on any atom is -0.469 e. The molecule has 5 nitrogen and oxygen atoms in total. The van der Waals surface area contributed by atoms with Gasteiger partial charge in [-0.2, -0.15) is 0 Å². The SMILES string of the molecule is COC(=O)CC1C(=O)N(C)C(C)(C)CN1C(C)C. The van der Waals surface area contributed by atoms with Crippen LogP contribution >= 0.6 is 0 Å². The summed E-state index contributed by atoms with van der Waals surface area (Å²) in [5.41, 5.74) is -0.214. The third-order valence-corrected chi connectivity index (χ3v) is 3.74. The maximum Gasteiger partial charge on any atom is 0.307 e. The summed E-state index contributed by atoms with van der Waals surface area (Å²) in [6.45, 7) is 8.91. The number of amides is 1. The van der Waals surface area contributed by atoms with Crippen molar-refractivity contribution in [1.29, 1.82) is 0 Å². The molecule has 5 heteroatoms. The Morgan fingerprint density at radius 1 is 1.50 bits per heavy atom. The number of hydrogen-bond acceptors (Lipinski definition) is 4. The Morgan fingerprint density at radius 2 is 2.06 bits per heavy atom. The number of carbonyl (C=O) groups excluding carboxylic acids is 2. The Kier molecular flexibility index (Phi) is 4.37. The second-order valence-corrected chi connectivity index (χ2v) is 5.77. The first-order valence-corrected chi connectivity index (χ1v) is 6.31. The molecule has 1 rings (SSSR count). The van der Waals surface area contributed by atoms with Crippen LogP contribution in [-0.2, 0) is 14.3 Å². The van der Waals surface area contributed by atoms with Crippen LogP contribution in [0.25, 0.3) is 0 Å². The van der Waals surface area contributed by atoms with Gasteiger partial charge in [0.05, 0.1) is 13.5 Å². The zero-order chi connectivity index (χ0) is 14.1. The molecule has 0 bridgehead atoms. The normalized spacial score (nSPS) is 24.5. The summed E-state index contributed by atoms with van der Waals surface area (Å²) in [5, 5.41) is 0. The van der Waals surface area contributed by atoms with Gasteiger partial charge in [0.15, 0.2) is 0 Å². The number of esters is 1. The maximum atomic E-state index is 12.4. The largest absolute Gasteiger partial charge is 0.469 e. The Labute approximate surface area is 109 Å². The van der Waals surface area contributed by atoms with Gasteiger partial charge in [0.25, 0.3) is 0 Å². The first-order chi connectivity index (χ1) is 8.20. The molecule has 1 aliphatic heterocycles. The van der Waals surface area contributed by atoms with Crippen molar-refractivity contribution in [3.8, 4) is 0 Å². The van der Waals surface area contributed by atoms with Crippen molar-refractivity contribution >= 4 is 11.9 Å². The van der Waals surface area contributed by atoms with E-state index in [9.17, 15) is 9.59 Å². The number of ether oxygens (including phenoxy) is 1. The van der Waals surface area contributed by atoms with E-state index in [1.165, 1.54) is 7.11 Å². The van der Waals surface area contributed by atoms with Crippen LogP contribution in [0.1, 0.15) is 34.1 Å². The van der Waals surface area contributed by atoms with Crippen LogP contribution < -0.4 is 0 Å². The smallest absolute Gasteiger partial charge is 0.307 e. The highest BCUT2D eigenvalue weighted by Gasteiger charge is 2.44. The summed E-state index contributed by atoms with van der Waals surface area (Å²) in [4.78, 5) is 27.6. The molecule has 0 radical (unpaired) electrons. The Morgan fingerprint density at radius 3 is 2.50 bits per heavy atom. The first kappa shape index (κ1) is 15.0. The van der Waals surface area contributed by atoms with Gasteiger partial charge < -0.3 is 9.64 Å². The van der Waals surface area contributed by atoms with Gasteiger partial charge in [0, 0.05) is 25.2 Å². The van der Waals surface area contributed by atoms with Gasteiger partial charge in [-0.3, -0.25) is 14.5 Å². The fourth-order valence-corrected chi connectivity index (χ4v) is 2.31. The number of likely N-dealkylation sites (N-methyl/N-ethyl adjacent to an activating group) is 1. The van der Waals surface area contributed by atoms with E-state index in [1.807, 2.05) is 27.7 Å². The van der Waals surface area contributed by atoms with E-state index in [0.717, 1.165) is 6.54 Å². The summed E-state index contributed by atoms with van der Waals surface area (Å²) in [6.07, 6.45) is 0.119. The van der Waals surface area contributed by atoms with Crippen LogP contribution in [0, 0.1) is 0 Å². The number of piperazine rings is 1. The molecule has 0 N–H and O–H groups in total. The minimum absolute atomic E-state index is 0.00894. The number of rotatable bonds is 3. The van der Waals surface area contributed by atoms with Crippen LogP contribution in [-0.4, -0.2) is 60.0 Å². The average molecular weight is 256 g/mol. The quantitative estimate of drug-likeness (QED) is 0.703. The molecular weight excluding hydrogens is 232 g/mol. The Balaban J connectivity index is 2.97. The van der Waals surface area contributed by atoms with Crippen molar-refractivity contribution in [2.45, 2.75) is 51.7 Å². The first-order valence-electron chi connectivity index (χ1n) is 6.31. The lowest BCUT2D eigenvalue weighted by Gasteiger charge is -2.50. The van der Waals surface area contributed by atoms with Gasteiger partial charge in [-0.25, -0.2) is 0 Å². The molecule has 0 aromatic heterocycles. The fourth-order valence-electron chi connectivity index (χ4n) is 2.31. The van der Waals surface area contributed by atoms with Gasteiger partial charge in [0.2, 0.25) is 5.91 Å². The molecule has 0 saturated carbocycles. The highest BCUT2D eigenvalue weighted by molar-refractivity contribution is 5.87. The van der Waals surface area contributed by atoms with Crippen molar-refractivity contribution < 1.29 is 14.3 Å². The average Bonchev–Trinajstić information content (AvgIpc) is 2.29. The standard InChI is InChI=1S/C13H24N2O3/c1-9(2)15-8-13(3,4)14(5)12(17)10(15)7-11(16)18-6/h9-10H,7-8H2,1-6H3. The van der Waals surface area contributed by atoms with Gasteiger partial charge in [0.1, 0.15) is 6.04 Å². The maximum absolute atomic E-state index is 12.4. The molecular formula is C13H24N2O3. The number of nitrogens with zero attached hydrogens (tertiary/aromatic N) is 2. The summed E-state index contributed by atoms with van der Waals surface area (Å²) >= 11 is 0. The van der Waals surface area contributed by atoms with Crippen molar-refractivity contribution in [2.24, 2.45) is 0 Å². The molecule has 18 heavy (non-hydrogen) atoms. The molecule has 1 saturated heterocycles. The molecule has 1 amide bonds. The highest BCUT2D eigenvalue weighted by Crippen LogP contribution is 2.27. The van der Waals surface area contributed by atoms with Crippen LogP contribution in [0.5, 0.6) is 0 Å². The monoisotopic (exact) mass is 256 g/mol. The van der Waals surface area contributed by atoms with E-state index in [2.05, 4.69) is 9.64 Å². The third kappa shape index (κ3) is 2.83. The molecule has 0 aliphatic carbocycles. The van der Waals surface area contributed by atoms with Crippen molar-refractivity contribution in [3.63, 3.8) is 0 Å². The zero-order valence-electron chi connectivity index (χ0n) is 12.2. The molecule has 1 unspecified atom stereocenters. The predicted molar refractivity (Wildman–Crippen MR) is 69.1 cm³/mol. The van der Waals surface area contributed by atoms with Crippen molar-refractivity contribution in [3.05, 3.63) is 0 Å². The van der Waals surface area contributed by atoms with E-state index in [0.29, 0.717) is 0 Å². The van der Waals surface area contributed by atoms with E-state index >= 15 is 0 Å². The molecule has 1 fully saturated rings. The minimum atomic E-state index is -0.407. The lowest BCUT2D eigenvalue weighted by Crippen LogP contribution is -2.66. The summed E-state index contributed by atoms with van der Waals surface area (Å²) < 4.78 is 4.68. The van der Waals surface area contributed by atoms with Crippen LogP contribution in [0.2, 0.25) is 0 Å². The number of carbonyl (C=O) groups is 2. The molecule has 1 heterocycles. The summed E-state index contributed by atoms with van der Waals surface area (Å²) in [5.74, 6) is -0.350. The molecule has 1 aliphatic rings. The van der Waals surface area contributed by atoms with Crippen molar-refractivity contribution in [2.75, 3.05) is 20.7 Å². The van der Waals surface area contributed by atoms with Gasteiger partial charge >= 0.3 is 5.97 Å². The predicted octanol–water partition coefficient (Wildman–Crippen LogP) is 0.879. The van der Waals surface area contributed by atoms with Gasteiger partial charge in [-0.05, 0) is 27.7 Å². The topological polar surface area (TPSA) is 49.9 Å². The molecule has 1 atom stereocenters. The van der Waals surface area contributed by atoms with E-state index in [4.69, 9.17) is 0 Å². The molecule has 104 valence electrons. The second-order valence-electron chi connectivity index (χ2n) is 5.77. The van der Waals surface area contributed by atoms with Crippen molar-refractivity contribution in [1.82, 2.24) is 9.80 Å². The zero-order valence-corrected chi connectivity index (χ0v) is 12.2. The molecule has 0 aromatic rings. The number of methoxy groups -OCH3 is 1. The molecule has 0 aromatic carbocycles. The van der Waals surface area contributed by atoms with Gasteiger partial charge in [-0.15, -0.1) is 0 Å². The van der Waals surface area contributed by atoms with Crippen LogP contribution in [0.3, 0.4) is 0 Å². The lowest BCUT2D eigenvalue weighted by molar-refractivity contribution is -0.157. The second kappa shape index (κ2) is 5.26. The Hall–Kier alpha value is -1.10. The van der Waals surface area contributed by atoms with E-state index in [1.54, 1.807) is 11.9 Å². The number of hydrogen-bond donors (Lipinski definition) is 0. The van der Waals surface area contributed by atoms with Crippen LogP contribution in [0.4, 0.5) is 0 Å². The third-order valence-electron chi connectivity index (χ3n) is 3.74. The van der Waals surface area contributed by atoms with Gasteiger partial charge in [-0.1, -0.05) is 0 Å². The lowest BCUT2D eigenvalue weighted by atomic mass is 9.93. The summed E-state index contributed by atoms with van der Waals surface area (Å²) in [7, 11) is 3.15. The van der Waals surface area contributed by atoms with E-state index < -0.39 is 6.04 Å². The Bertz CT molecular complexity index is 339. The van der Waals surface area contributed by atoms with E-state index in [-0.39, 0.29) is 29.9 Å².